The van der Waals surface area contributed by atoms with E-state index >= 15 is 0 Å². The minimum absolute atomic E-state index is 0.179. The van der Waals surface area contributed by atoms with E-state index in [1.165, 1.54) is 0 Å². The molecule has 2 aliphatic rings. The minimum atomic E-state index is -0.274. The maximum Gasteiger partial charge on any atom is 0.249 e. The quantitative estimate of drug-likeness (QED) is 0.558. The Labute approximate surface area is 82.0 Å². The fraction of sp³-hybridized carbons (Fsp3) is 0.667. The fourth-order valence-corrected chi connectivity index (χ4v) is 1.69. The Balaban J connectivity index is 1.91. The van der Waals surface area contributed by atoms with Crippen LogP contribution in [-0.4, -0.2) is 30.2 Å². The summed E-state index contributed by atoms with van der Waals surface area (Å²) in [5.41, 5.74) is 0. The van der Waals surface area contributed by atoms with Crippen LogP contribution in [0.25, 0.3) is 0 Å². The highest BCUT2D eigenvalue weighted by Gasteiger charge is 2.27. The third-order valence-electron chi connectivity index (χ3n) is 2.45. The number of nitrogens with one attached hydrogen (secondary N) is 2. The fourth-order valence-electron chi connectivity index (χ4n) is 1.69. The number of carbonyl (C=O) groups excluding carboxylic acids is 2. The van der Waals surface area contributed by atoms with E-state index < -0.39 is 0 Å². The van der Waals surface area contributed by atoms with Crippen LogP contribution < -0.4 is 10.6 Å². The summed E-state index contributed by atoms with van der Waals surface area (Å²) in [5, 5.41) is 5.38. The second-order valence-corrected chi connectivity index (χ2v) is 3.58. The molecule has 1 unspecified atom stereocenters. The molecule has 1 atom stereocenters. The van der Waals surface area contributed by atoms with Crippen molar-refractivity contribution in [1.29, 1.82) is 0 Å². The average molecular weight is 195 g/mol. The molecule has 76 valence electrons. The van der Waals surface area contributed by atoms with E-state index in [-0.39, 0.29) is 17.9 Å². The molecule has 1 fully saturated rings. The molecule has 0 bridgehead atoms. The first-order valence-corrected chi connectivity index (χ1v) is 4.89. The first-order chi connectivity index (χ1) is 6.75. The summed E-state index contributed by atoms with van der Waals surface area (Å²) in [4.78, 5) is 26.4. The highest BCUT2D eigenvalue weighted by Crippen LogP contribution is 2.07. The van der Waals surface area contributed by atoms with Gasteiger partial charge in [0.2, 0.25) is 11.8 Å². The molecule has 14 heavy (non-hydrogen) atoms. The Hall–Kier alpha value is -1.39. The van der Waals surface area contributed by atoms with Gasteiger partial charge in [-0.2, -0.15) is 0 Å². The number of nitrogens with zero attached hydrogens (tertiary/aromatic N) is 1. The molecule has 0 aromatic carbocycles. The molecule has 5 heteroatoms. The first-order valence-electron chi connectivity index (χ1n) is 4.89. The van der Waals surface area contributed by atoms with Crippen LogP contribution in [0.4, 0.5) is 0 Å². The normalized spacial score (nSPS) is 27.1. The van der Waals surface area contributed by atoms with Crippen molar-refractivity contribution in [2.45, 2.75) is 31.7 Å². The molecule has 2 amide bonds. The molecule has 2 aliphatic heterocycles. The smallest absolute Gasteiger partial charge is 0.249 e. The maximum absolute atomic E-state index is 11.3. The van der Waals surface area contributed by atoms with Gasteiger partial charge in [-0.15, -0.1) is 0 Å². The van der Waals surface area contributed by atoms with Crippen molar-refractivity contribution in [3.8, 4) is 0 Å². The number of hydrogen-bond donors (Lipinski definition) is 2. The van der Waals surface area contributed by atoms with Crippen molar-refractivity contribution in [3.05, 3.63) is 0 Å². The van der Waals surface area contributed by atoms with Gasteiger partial charge in [0.15, 0.2) is 0 Å². The van der Waals surface area contributed by atoms with Gasteiger partial charge in [-0.05, 0) is 12.8 Å². The summed E-state index contributed by atoms with van der Waals surface area (Å²) < 4.78 is 0. The van der Waals surface area contributed by atoms with Crippen LogP contribution in [0.3, 0.4) is 0 Å². The SMILES string of the molecule is O=C1CCC(NC2=NCCC2)C(=O)N1. The van der Waals surface area contributed by atoms with E-state index in [4.69, 9.17) is 0 Å². The van der Waals surface area contributed by atoms with Crippen LogP contribution in [0.5, 0.6) is 0 Å². The zero-order valence-corrected chi connectivity index (χ0v) is 7.88. The molecular weight excluding hydrogens is 182 g/mol. The van der Waals surface area contributed by atoms with Crippen LogP contribution in [-0.2, 0) is 9.59 Å². The van der Waals surface area contributed by atoms with Gasteiger partial charge in [0.1, 0.15) is 6.04 Å². The number of amidine groups is 1. The largest absolute Gasteiger partial charge is 0.362 e. The second kappa shape index (κ2) is 3.77. The van der Waals surface area contributed by atoms with Crippen molar-refractivity contribution in [2.75, 3.05) is 6.54 Å². The van der Waals surface area contributed by atoms with Gasteiger partial charge in [-0.1, -0.05) is 0 Å². The Kier molecular flexibility index (Phi) is 2.47. The number of amides is 2. The summed E-state index contributed by atoms with van der Waals surface area (Å²) >= 11 is 0. The highest BCUT2D eigenvalue weighted by molar-refractivity contribution is 6.02. The number of aliphatic imine (C=N–C) groups is 1. The first kappa shape index (κ1) is 9.18. The topological polar surface area (TPSA) is 70.6 Å². The van der Waals surface area contributed by atoms with Gasteiger partial charge in [0.05, 0.1) is 5.84 Å². The lowest BCUT2D eigenvalue weighted by atomic mass is 10.1. The summed E-state index contributed by atoms with van der Waals surface area (Å²) in [7, 11) is 0. The van der Waals surface area contributed by atoms with E-state index in [0.29, 0.717) is 12.8 Å². The number of hydrogen-bond acceptors (Lipinski definition) is 4. The molecule has 0 radical (unpaired) electrons. The minimum Gasteiger partial charge on any atom is -0.362 e. The number of piperidine rings is 1. The predicted octanol–water partition coefficient (Wildman–Crippen LogP) is -0.427. The Morgan fingerprint density at radius 1 is 1.36 bits per heavy atom. The van der Waals surface area contributed by atoms with Crippen LogP contribution >= 0.6 is 0 Å². The molecule has 2 N–H and O–H groups in total. The standard InChI is InChI=1S/C9H13N3O2/c13-8-4-3-6(9(14)12-8)11-7-2-1-5-10-7/h6H,1-5H2,(H,10,11)(H,12,13,14). The molecular formula is C9H13N3O2. The van der Waals surface area contributed by atoms with Crippen molar-refractivity contribution in [2.24, 2.45) is 4.99 Å². The lowest BCUT2D eigenvalue weighted by Crippen LogP contribution is -2.52. The van der Waals surface area contributed by atoms with Crippen molar-refractivity contribution in [3.63, 3.8) is 0 Å². The average Bonchev–Trinajstić information content (AvgIpc) is 2.62. The van der Waals surface area contributed by atoms with Crippen molar-refractivity contribution in [1.82, 2.24) is 10.6 Å². The molecule has 0 aromatic rings. The van der Waals surface area contributed by atoms with Crippen LogP contribution in [0.1, 0.15) is 25.7 Å². The molecule has 0 saturated carbocycles. The third-order valence-corrected chi connectivity index (χ3v) is 2.45. The van der Waals surface area contributed by atoms with E-state index in [1.807, 2.05) is 0 Å². The molecule has 1 saturated heterocycles. The monoisotopic (exact) mass is 195 g/mol. The third kappa shape index (κ3) is 1.92. The molecule has 0 aromatic heterocycles. The van der Waals surface area contributed by atoms with Gasteiger partial charge in [-0.25, -0.2) is 0 Å². The molecule has 5 nitrogen and oxygen atoms in total. The van der Waals surface area contributed by atoms with Gasteiger partial charge < -0.3 is 5.32 Å². The van der Waals surface area contributed by atoms with Crippen molar-refractivity contribution >= 4 is 17.6 Å². The summed E-state index contributed by atoms with van der Waals surface area (Å²) in [6.07, 6.45) is 2.95. The Morgan fingerprint density at radius 2 is 2.21 bits per heavy atom. The lowest BCUT2D eigenvalue weighted by molar-refractivity contribution is -0.134. The van der Waals surface area contributed by atoms with Crippen molar-refractivity contribution < 1.29 is 9.59 Å². The van der Waals surface area contributed by atoms with Crippen LogP contribution in [0.2, 0.25) is 0 Å². The number of rotatable bonds is 1. The Bertz CT molecular complexity index is 298. The van der Waals surface area contributed by atoms with Gasteiger partial charge in [-0.3, -0.25) is 19.9 Å². The molecule has 0 spiro atoms. The second-order valence-electron chi connectivity index (χ2n) is 3.58. The number of carbonyl (C=O) groups is 2. The molecule has 2 heterocycles. The summed E-state index contributed by atoms with van der Waals surface area (Å²) in [5.74, 6) is 0.497. The zero-order chi connectivity index (χ0) is 9.97. The Morgan fingerprint density at radius 3 is 2.86 bits per heavy atom. The molecule has 0 aliphatic carbocycles. The van der Waals surface area contributed by atoms with E-state index in [9.17, 15) is 9.59 Å². The van der Waals surface area contributed by atoms with Gasteiger partial charge in [0.25, 0.3) is 0 Å². The van der Waals surface area contributed by atoms with Crippen LogP contribution in [0, 0.1) is 0 Å². The molecule has 2 rings (SSSR count). The van der Waals surface area contributed by atoms with E-state index in [0.717, 1.165) is 25.2 Å². The summed E-state index contributed by atoms with van der Waals surface area (Å²) in [6.45, 7) is 0.843. The summed E-state index contributed by atoms with van der Waals surface area (Å²) in [6, 6.07) is -0.274. The highest BCUT2D eigenvalue weighted by atomic mass is 16.2. The van der Waals surface area contributed by atoms with E-state index in [2.05, 4.69) is 15.6 Å². The van der Waals surface area contributed by atoms with E-state index in [1.54, 1.807) is 0 Å². The zero-order valence-electron chi connectivity index (χ0n) is 7.88. The maximum atomic E-state index is 11.3. The van der Waals surface area contributed by atoms with Gasteiger partial charge in [0, 0.05) is 19.4 Å². The van der Waals surface area contributed by atoms with Crippen LogP contribution in [0.15, 0.2) is 4.99 Å². The lowest BCUT2D eigenvalue weighted by Gasteiger charge is -2.22. The predicted molar refractivity (Wildman–Crippen MR) is 50.8 cm³/mol. The van der Waals surface area contributed by atoms with Gasteiger partial charge >= 0.3 is 0 Å². The number of imide groups is 1.